The number of amides is 1. The molecule has 0 heterocycles. The van der Waals surface area contributed by atoms with Gasteiger partial charge in [0.25, 0.3) is 0 Å². The van der Waals surface area contributed by atoms with Gasteiger partial charge in [-0.15, -0.1) is 0 Å². The molecule has 2 unspecified atom stereocenters. The maximum Gasteiger partial charge on any atom is 0.326 e. The molecule has 0 aromatic carbocycles. The summed E-state index contributed by atoms with van der Waals surface area (Å²) in [5.41, 5.74) is 5.45. The van der Waals surface area contributed by atoms with Crippen LogP contribution in [0.15, 0.2) is 48.6 Å². The van der Waals surface area contributed by atoms with Gasteiger partial charge in [0.15, 0.2) is 0 Å². The maximum atomic E-state index is 12.5. The molecule has 0 aromatic rings. The Bertz CT molecular complexity index is 803. The molecule has 7 heteroatoms. The normalized spacial score (nSPS) is 13.4. The summed E-state index contributed by atoms with van der Waals surface area (Å²) in [5, 5.41) is 11.8. The van der Waals surface area contributed by atoms with E-state index in [1.807, 2.05) is 0 Å². The van der Waals surface area contributed by atoms with Gasteiger partial charge >= 0.3 is 11.9 Å². The van der Waals surface area contributed by atoms with Crippen molar-refractivity contribution in [1.29, 1.82) is 0 Å². The average molecular weight is 589 g/mol. The molecule has 0 spiro atoms. The number of hydrogen-bond donors (Lipinski definition) is 3. The van der Waals surface area contributed by atoms with Gasteiger partial charge in [-0.2, -0.15) is 0 Å². The summed E-state index contributed by atoms with van der Waals surface area (Å²) < 4.78 is 5.83. The number of nitrogens with one attached hydrogen (secondary N) is 1. The topological polar surface area (TPSA) is 119 Å². The van der Waals surface area contributed by atoms with Gasteiger partial charge < -0.3 is 20.9 Å². The first kappa shape index (κ1) is 39.3. The monoisotopic (exact) mass is 588 g/mol. The number of allylic oxidation sites excluding steroid dienone is 8. The van der Waals surface area contributed by atoms with Crippen LogP contribution in [0.2, 0.25) is 0 Å². The molecule has 42 heavy (non-hydrogen) atoms. The lowest BCUT2D eigenvalue weighted by Crippen LogP contribution is -2.40. The van der Waals surface area contributed by atoms with Crippen molar-refractivity contribution >= 4 is 17.8 Å². The van der Waals surface area contributed by atoms with E-state index in [9.17, 15) is 19.5 Å². The lowest BCUT2D eigenvalue weighted by atomic mass is 10.0. The Morgan fingerprint density at radius 2 is 1.31 bits per heavy atom. The van der Waals surface area contributed by atoms with E-state index in [0.29, 0.717) is 38.6 Å². The van der Waals surface area contributed by atoms with Crippen LogP contribution >= 0.6 is 0 Å². The predicted octanol–water partition coefficient (Wildman–Crippen LogP) is 8.10. The zero-order valence-corrected chi connectivity index (χ0v) is 26.6. The first-order valence-corrected chi connectivity index (χ1v) is 16.5. The number of esters is 1. The fourth-order valence-electron chi connectivity index (χ4n) is 4.44. The Morgan fingerprint density at radius 3 is 1.90 bits per heavy atom. The highest BCUT2D eigenvalue weighted by atomic mass is 16.5. The second-order valence-corrected chi connectivity index (χ2v) is 10.8. The number of unbranched alkanes of at least 4 members (excludes halogenated alkanes) is 6. The highest BCUT2D eigenvalue weighted by Crippen LogP contribution is 2.17. The smallest absolute Gasteiger partial charge is 0.326 e. The summed E-state index contributed by atoms with van der Waals surface area (Å²) in [5.74, 6) is -1.38. The predicted molar refractivity (Wildman–Crippen MR) is 174 cm³/mol. The van der Waals surface area contributed by atoms with Crippen molar-refractivity contribution < 1.29 is 24.2 Å². The van der Waals surface area contributed by atoms with Gasteiger partial charge in [-0.25, -0.2) is 4.79 Å². The molecule has 0 rings (SSSR count). The van der Waals surface area contributed by atoms with Gasteiger partial charge in [-0.1, -0.05) is 81.7 Å². The minimum atomic E-state index is -1.02. The lowest BCUT2D eigenvalue weighted by Gasteiger charge is -2.18. The van der Waals surface area contributed by atoms with Crippen molar-refractivity contribution in [2.45, 2.75) is 148 Å². The molecule has 1 amide bonds. The fraction of sp³-hybridized carbons (Fsp3) is 0.686. The molecule has 0 fully saturated rings. The van der Waals surface area contributed by atoms with E-state index in [0.717, 1.165) is 89.9 Å². The van der Waals surface area contributed by atoms with E-state index in [2.05, 4.69) is 67.8 Å². The molecular formula is C35H60N2O5. The van der Waals surface area contributed by atoms with Gasteiger partial charge in [0, 0.05) is 12.8 Å². The molecule has 240 valence electrons. The Morgan fingerprint density at radius 1 is 0.714 bits per heavy atom. The molecule has 0 aliphatic heterocycles. The molecule has 7 nitrogen and oxygen atoms in total. The van der Waals surface area contributed by atoms with Crippen molar-refractivity contribution in [1.82, 2.24) is 5.32 Å². The van der Waals surface area contributed by atoms with Gasteiger partial charge in [-0.3, -0.25) is 9.59 Å². The number of hydrogen-bond acceptors (Lipinski definition) is 5. The number of nitrogens with two attached hydrogens (primary N) is 1. The largest absolute Gasteiger partial charge is 0.480 e. The maximum absolute atomic E-state index is 12.5. The lowest BCUT2D eigenvalue weighted by molar-refractivity contribution is -0.150. The van der Waals surface area contributed by atoms with E-state index < -0.39 is 12.0 Å². The number of rotatable bonds is 28. The van der Waals surface area contributed by atoms with E-state index >= 15 is 0 Å². The molecule has 0 aliphatic rings. The van der Waals surface area contributed by atoms with Crippen LogP contribution < -0.4 is 11.1 Å². The van der Waals surface area contributed by atoms with Gasteiger partial charge in [-0.05, 0) is 96.4 Å². The molecule has 0 radical (unpaired) electrons. The number of ether oxygens (including phenoxy) is 1. The van der Waals surface area contributed by atoms with Crippen LogP contribution in [0, 0.1) is 0 Å². The van der Waals surface area contributed by atoms with Crippen molar-refractivity contribution in [3.63, 3.8) is 0 Å². The minimum absolute atomic E-state index is 0.0696. The van der Waals surface area contributed by atoms with Crippen molar-refractivity contribution in [2.75, 3.05) is 6.54 Å². The van der Waals surface area contributed by atoms with Gasteiger partial charge in [0.1, 0.15) is 12.1 Å². The Balaban J connectivity index is 4.15. The quantitative estimate of drug-likeness (QED) is 0.0483. The van der Waals surface area contributed by atoms with Crippen LogP contribution in [0.25, 0.3) is 0 Å². The number of aliphatic carboxylic acids is 1. The summed E-state index contributed by atoms with van der Waals surface area (Å²) in [6, 6.07) is -0.877. The Labute approximate surface area is 256 Å². The SMILES string of the molecule is CC/C=C\C/C=C\C/C=C\C/C=C\CCCCC(=O)OC(CCCCC)CCCCCC(=O)NC(CCCN)C(=O)O. The summed E-state index contributed by atoms with van der Waals surface area (Å²) in [4.78, 5) is 35.9. The fourth-order valence-corrected chi connectivity index (χ4v) is 4.44. The number of carboxylic acid groups (broad SMARTS) is 1. The third-order valence-corrected chi connectivity index (χ3v) is 6.91. The molecule has 4 N–H and O–H groups in total. The zero-order valence-electron chi connectivity index (χ0n) is 26.6. The van der Waals surface area contributed by atoms with Crippen LogP contribution in [0.5, 0.6) is 0 Å². The second-order valence-electron chi connectivity index (χ2n) is 10.8. The number of carbonyl (C=O) groups is 3. The van der Waals surface area contributed by atoms with E-state index in [4.69, 9.17) is 10.5 Å². The van der Waals surface area contributed by atoms with Crippen molar-refractivity contribution in [3.05, 3.63) is 48.6 Å². The third-order valence-electron chi connectivity index (χ3n) is 6.91. The molecule has 2 atom stereocenters. The minimum Gasteiger partial charge on any atom is -0.480 e. The Hall–Kier alpha value is -2.67. The average Bonchev–Trinajstić information content (AvgIpc) is 2.96. The van der Waals surface area contributed by atoms with E-state index in [1.54, 1.807) is 0 Å². The van der Waals surface area contributed by atoms with E-state index in [1.165, 1.54) is 0 Å². The Kier molecular flexibility index (Phi) is 27.9. The van der Waals surface area contributed by atoms with Crippen LogP contribution in [0.4, 0.5) is 0 Å². The van der Waals surface area contributed by atoms with Crippen LogP contribution in [0.3, 0.4) is 0 Å². The van der Waals surface area contributed by atoms with Crippen molar-refractivity contribution in [2.24, 2.45) is 5.73 Å². The zero-order chi connectivity index (χ0) is 31.1. The highest BCUT2D eigenvalue weighted by molar-refractivity contribution is 5.83. The standard InChI is InChI=1S/C35H60N2O5/c1-3-5-7-8-9-10-11-12-13-14-15-16-17-18-23-29-34(39)42-31(25-20-6-4-2)26-21-19-22-28-33(38)37-32(35(40)41)27-24-30-36/h5,7,9-10,12-13,15-16,31-32H,3-4,6,8,11,14,17-30,36H2,1-2H3,(H,37,38)(H,40,41)/b7-5-,10-9-,13-12-,16-15-. The molecule has 0 bridgehead atoms. The van der Waals surface area contributed by atoms with Crippen LogP contribution in [-0.2, 0) is 19.1 Å². The van der Waals surface area contributed by atoms with Crippen LogP contribution in [0.1, 0.15) is 136 Å². The molecule has 0 saturated carbocycles. The summed E-state index contributed by atoms with van der Waals surface area (Å²) >= 11 is 0. The third kappa shape index (κ3) is 26.2. The van der Waals surface area contributed by atoms with Gasteiger partial charge in [0.2, 0.25) is 5.91 Å². The molecular weight excluding hydrogens is 528 g/mol. The first-order chi connectivity index (χ1) is 20.4. The van der Waals surface area contributed by atoms with Crippen molar-refractivity contribution in [3.8, 4) is 0 Å². The van der Waals surface area contributed by atoms with E-state index in [-0.39, 0.29) is 18.0 Å². The molecule has 0 saturated heterocycles. The summed E-state index contributed by atoms with van der Waals surface area (Å²) in [6.07, 6.45) is 33.2. The molecule has 0 aliphatic carbocycles. The highest BCUT2D eigenvalue weighted by Gasteiger charge is 2.19. The van der Waals surface area contributed by atoms with Gasteiger partial charge in [0.05, 0.1) is 0 Å². The summed E-state index contributed by atoms with van der Waals surface area (Å²) in [6.45, 7) is 4.70. The van der Waals surface area contributed by atoms with Crippen LogP contribution in [-0.4, -0.2) is 41.6 Å². The number of carboxylic acids is 1. The molecule has 0 aromatic heterocycles. The summed E-state index contributed by atoms with van der Waals surface area (Å²) in [7, 11) is 0. The second kappa shape index (κ2) is 29.8. The number of carbonyl (C=O) groups excluding carboxylic acids is 2. The first-order valence-electron chi connectivity index (χ1n) is 16.5.